The number of hydrogen-bond donors (Lipinski definition) is 1. The standard InChI is InChI=1S/C11H18ClN3O/c1-7(6-13)4-9(16)5-10-11(12)8(2)14-15(10)3/h7H,4-6,13H2,1-3H3. The maximum atomic E-state index is 11.7. The van der Waals surface area contributed by atoms with Crippen LogP contribution in [0, 0.1) is 12.8 Å². The molecule has 0 aromatic carbocycles. The molecule has 0 spiro atoms. The van der Waals surface area contributed by atoms with E-state index in [-0.39, 0.29) is 11.7 Å². The predicted molar refractivity (Wildman–Crippen MR) is 64.5 cm³/mol. The third kappa shape index (κ3) is 3.06. The van der Waals surface area contributed by atoms with E-state index in [9.17, 15) is 4.79 Å². The molecule has 1 rings (SSSR count). The van der Waals surface area contributed by atoms with Gasteiger partial charge in [0.2, 0.25) is 0 Å². The smallest absolute Gasteiger partial charge is 0.139 e. The summed E-state index contributed by atoms with van der Waals surface area (Å²) in [5.74, 6) is 0.378. The largest absolute Gasteiger partial charge is 0.330 e. The molecule has 0 radical (unpaired) electrons. The third-order valence-electron chi connectivity index (χ3n) is 2.60. The van der Waals surface area contributed by atoms with Gasteiger partial charge in [0.15, 0.2) is 0 Å². The fraction of sp³-hybridized carbons (Fsp3) is 0.636. The number of nitrogens with two attached hydrogens (primary N) is 1. The molecule has 0 bridgehead atoms. The van der Waals surface area contributed by atoms with Gasteiger partial charge < -0.3 is 5.73 Å². The normalized spacial score (nSPS) is 12.8. The van der Waals surface area contributed by atoms with Crippen molar-refractivity contribution in [3.63, 3.8) is 0 Å². The molecular weight excluding hydrogens is 226 g/mol. The number of rotatable bonds is 5. The third-order valence-corrected chi connectivity index (χ3v) is 3.10. The lowest BCUT2D eigenvalue weighted by Gasteiger charge is -2.07. The number of aromatic nitrogens is 2. The van der Waals surface area contributed by atoms with Gasteiger partial charge in [-0.1, -0.05) is 18.5 Å². The van der Waals surface area contributed by atoms with Crippen LogP contribution < -0.4 is 5.73 Å². The van der Waals surface area contributed by atoms with Crippen molar-refractivity contribution >= 4 is 17.4 Å². The van der Waals surface area contributed by atoms with Crippen LogP contribution in [0.1, 0.15) is 24.7 Å². The summed E-state index contributed by atoms with van der Waals surface area (Å²) in [6, 6.07) is 0. The van der Waals surface area contributed by atoms with Crippen LogP contribution in [-0.2, 0) is 18.3 Å². The zero-order chi connectivity index (χ0) is 12.3. The van der Waals surface area contributed by atoms with Crippen LogP contribution in [0.25, 0.3) is 0 Å². The van der Waals surface area contributed by atoms with Crippen molar-refractivity contribution in [2.75, 3.05) is 6.54 Å². The van der Waals surface area contributed by atoms with E-state index in [1.807, 2.05) is 13.8 Å². The Kier molecular flexibility index (Phi) is 4.50. The second-order valence-electron chi connectivity index (χ2n) is 4.23. The Hall–Kier alpha value is -0.870. The second kappa shape index (κ2) is 5.46. The molecule has 4 nitrogen and oxygen atoms in total. The lowest BCUT2D eigenvalue weighted by molar-refractivity contribution is -0.119. The first kappa shape index (κ1) is 13.2. The van der Waals surface area contributed by atoms with Crippen molar-refractivity contribution < 1.29 is 4.79 Å². The number of aryl methyl sites for hydroxylation is 2. The zero-order valence-corrected chi connectivity index (χ0v) is 10.7. The summed E-state index contributed by atoms with van der Waals surface area (Å²) < 4.78 is 1.67. The van der Waals surface area contributed by atoms with E-state index in [4.69, 9.17) is 17.3 Å². The lowest BCUT2D eigenvalue weighted by atomic mass is 10.0. The van der Waals surface area contributed by atoms with Crippen LogP contribution in [0.4, 0.5) is 0 Å². The van der Waals surface area contributed by atoms with Gasteiger partial charge in [-0.3, -0.25) is 9.48 Å². The van der Waals surface area contributed by atoms with Crippen LogP contribution in [0.15, 0.2) is 0 Å². The molecule has 1 aromatic heterocycles. The highest BCUT2D eigenvalue weighted by Crippen LogP contribution is 2.20. The van der Waals surface area contributed by atoms with E-state index in [0.29, 0.717) is 24.4 Å². The van der Waals surface area contributed by atoms with Gasteiger partial charge in [0, 0.05) is 19.9 Å². The topological polar surface area (TPSA) is 60.9 Å². The summed E-state index contributed by atoms with van der Waals surface area (Å²) in [5, 5.41) is 4.76. The van der Waals surface area contributed by atoms with E-state index >= 15 is 0 Å². The number of halogens is 1. The fourth-order valence-electron chi connectivity index (χ4n) is 1.60. The number of ketones is 1. The van der Waals surface area contributed by atoms with Crippen LogP contribution >= 0.6 is 11.6 Å². The second-order valence-corrected chi connectivity index (χ2v) is 4.61. The van der Waals surface area contributed by atoms with E-state index in [2.05, 4.69) is 5.10 Å². The van der Waals surface area contributed by atoms with E-state index in [1.54, 1.807) is 11.7 Å². The highest BCUT2D eigenvalue weighted by atomic mass is 35.5. The van der Waals surface area contributed by atoms with Gasteiger partial charge in [0.25, 0.3) is 0 Å². The molecule has 1 unspecified atom stereocenters. The molecule has 0 aliphatic rings. The summed E-state index contributed by atoms with van der Waals surface area (Å²) in [6.45, 7) is 4.33. The van der Waals surface area contributed by atoms with Crippen LogP contribution in [0.2, 0.25) is 5.02 Å². The monoisotopic (exact) mass is 243 g/mol. The van der Waals surface area contributed by atoms with Crippen molar-refractivity contribution in [2.24, 2.45) is 18.7 Å². The molecule has 1 atom stereocenters. The Balaban J connectivity index is 2.70. The molecule has 1 aromatic rings. The van der Waals surface area contributed by atoms with E-state index < -0.39 is 0 Å². The van der Waals surface area contributed by atoms with Crippen LogP contribution in [-0.4, -0.2) is 22.1 Å². The molecular formula is C11H18ClN3O. The molecule has 0 saturated carbocycles. The Morgan fingerprint density at radius 2 is 2.25 bits per heavy atom. The number of Topliss-reactive ketones (excluding diaryl/α,β-unsaturated/α-hetero) is 1. The number of hydrogen-bond acceptors (Lipinski definition) is 3. The van der Waals surface area contributed by atoms with Crippen molar-refractivity contribution in [1.82, 2.24) is 9.78 Å². The van der Waals surface area contributed by atoms with Crippen molar-refractivity contribution in [1.29, 1.82) is 0 Å². The van der Waals surface area contributed by atoms with Crippen molar-refractivity contribution in [3.05, 3.63) is 16.4 Å². The summed E-state index contributed by atoms with van der Waals surface area (Å²) in [6.07, 6.45) is 0.831. The molecule has 1 heterocycles. The molecule has 0 saturated heterocycles. The van der Waals surface area contributed by atoms with Gasteiger partial charge >= 0.3 is 0 Å². The Morgan fingerprint density at radius 3 is 2.69 bits per heavy atom. The first-order chi connectivity index (χ1) is 7.45. The average molecular weight is 244 g/mol. The quantitative estimate of drug-likeness (QED) is 0.852. The molecule has 2 N–H and O–H groups in total. The predicted octanol–water partition coefficient (Wildman–Crippen LogP) is 1.48. The number of nitrogens with zero attached hydrogens (tertiary/aromatic N) is 2. The average Bonchev–Trinajstić information content (AvgIpc) is 2.45. The van der Waals surface area contributed by atoms with Crippen LogP contribution in [0.5, 0.6) is 0 Å². The van der Waals surface area contributed by atoms with Crippen LogP contribution in [0.3, 0.4) is 0 Å². The minimum absolute atomic E-state index is 0.155. The van der Waals surface area contributed by atoms with Gasteiger partial charge in [-0.15, -0.1) is 0 Å². The Bertz CT molecular complexity index is 387. The first-order valence-electron chi connectivity index (χ1n) is 5.35. The highest BCUT2D eigenvalue weighted by molar-refractivity contribution is 6.32. The lowest BCUT2D eigenvalue weighted by Crippen LogP contribution is -2.17. The Labute approximate surface area is 101 Å². The molecule has 0 fully saturated rings. The molecule has 5 heteroatoms. The maximum Gasteiger partial charge on any atom is 0.139 e. The van der Waals surface area contributed by atoms with E-state index in [1.165, 1.54) is 0 Å². The summed E-state index contributed by atoms with van der Waals surface area (Å²) in [4.78, 5) is 11.7. The molecule has 16 heavy (non-hydrogen) atoms. The van der Waals surface area contributed by atoms with Crippen molar-refractivity contribution in [2.45, 2.75) is 26.7 Å². The van der Waals surface area contributed by atoms with E-state index in [0.717, 1.165) is 11.4 Å². The minimum Gasteiger partial charge on any atom is -0.330 e. The Morgan fingerprint density at radius 1 is 1.62 bits per heavy atom. The van der Waals surface area contributed by atoms with Gasteiger partial charge in [-0.05, 0) is 19.4 Å². The number of carbonyl (C=O) groups is 1. The van der Waals surface area contributed by atoms with Crippen molar-refractivity contribution in [3.8, 4) is 0 Å². The van der Waals surface area contributed by atoms with Gasteiger partial charge in [-0.25, -0.2) is 0 Å². The summed E-state index contributed by atoms with van der Waals surface area (Å²) in [7, 11) is 1.80. The molecule has 0 aliphatic heterocycles. The molecule has 90 valence electrons. The fourth-order valence-corrected chi connectivity index (χ4v) is 1.83. The zero-order valence-electron chi connectivity index (χ0n) is 9.96. The van der Waals surface area contributed by atoms with Gasteiger partial charge in [-0.2, -0.15) is 5.10 Å². The SMILES string of the molecule is Cc1nn(C)c(CC(=O)CC(C)CN)c1Cl. The molecule has 0 amide bonds. The first-order valence-corrected chi connectivity index (χ1v) is 5.73. The number of carbonyl (C=O) groups excluding carboxylic acids is 1. The molecule has 0 aliphatic carbocycles. The highest BCUT2D eigenvalue weighted by Gasteiger charge is 2.16. The van der Waals surface area contributed by atoms with Gasteiger partial charge in [0.1, 0.15) is 5.78 Å². The maximum absolute atomic E-state index is 11.7. The van der Waals surface area contributed by atoms with Gasteiger partial charge in [0.05, 0.1) is 16.4 Å². The summed E-state index contributed by atoms with van der Waals surface area (Å²) >= 11 is 6.07. The minimum atomic E-state index is 0.155. The summed E-state index contributed by atoms with van der Waals surface area (Å²) in [5.41, 5.74) is 7.03.